The van der Waals surface area contributed by atoms with Gasteiger partial charge in [-0.05, 0) is 24.3 Å². The summed E-state index contributed by atoms with van der Waals surface area (Å²) < 4.78 is 6.28. The predicted molar refractivity (Wildman–Crippen MR) is 114 cm³/mol. The minimum absolute atomic E-state index is 0.201. The van der Waals surface area contributed by atoms with Crippen molar-refractivity contribution in [2.75, 3.05) is 12.4 Å². The number of amides is 1. The number of anilines is 1. The van der Waals surface area contributed by atoms with Crippen molar-refractivity contribution in [3.05, 3.63) is 69.4 Å². The van der Waals surface area contributed by atoms with Gasteiger partial charge in [-0.25, -0.2) is 9.67 Å². The molecule has 146 valence electrons. The fraction of sp³-hybridized carbons (Fsp3) is 0.100. The van der Waals surface area contributed by atoms with Crippen molar-refractivity contribution >= 4 is 44.7 Å². The lowest BCUT2D eigenvalue weighted by Gasteiger charge is -2.06. The van der Waals surface area contributed by atoms with E-state index in [2.05, 4.69) is 15.4 Å². The first-order valence-corrected chi connectivity index (χ1v) is 9.85. The summed E-state index contributed by atoms with van der Waals surface area (Å²) in [6.45, 7) is -0.201. The van der Waals surface area contributed by atoms with Crippen LogP contribution in [-0.4, -0.2) is 27.8 Å². The normalized spacial score (nSPS) is 10.8. The van der Waals surface area contributed by atoms with Gasteiger partial charge < -0.3 is 10.1 Å². The van der Waals surface area contributed by atoms with Gasteiger partial charge in [0.1, 0.15) is 12.3 Å². The van der Waals surface area contributed by atoms with Crippen LogP contribution in [0.15, 0.2) is 58.8 Å². The third-order valence-electron chi connectivity index (χ3n) is 4.25. The van der Waals surface area contributed by atoms with E-state index in [1.807, 2.05) is 17.5 Å². The van der Waals surface area contributed by atoms with Crippen molar-refractivity contribution in [3.63, 3.8) is 0 Å². The zero-order valence-electron chi connectivity index (χ0n) is 15.3. The van der Waals surface area contributed by atoms with Gasteiger partial charge in [-0.3, -0.25) is 9.59 Å². The molecule has 0 fully saturated rings. The van der Waals surface area contributed by atoms with Crippen LogP contribution in [0.4, 0.5) is 5.13 Å². The Morgan fingerprint density at radius 3 is 2.90 bits per heavy atom. The van der Waals surface area contributed by atoms with Gasteiger partial charge in [0.15, 0.2) is 5.13 Å². The van der Waals surface area contributed by atoms with Crippen LogP contribution >= 0.6 is 22.9 Å². The number of nitrogens with zero attached hydrogens (tertiary/aromatic N) is 3. The molecule has 0 saturated carbocycles. The number of benzene rings is 2. The number of carbonyl (C=O) groups excluding carboxylic acids is 1. The molecule has 29 heavy (non-hydrogen) atoms. The lowest BCUT2D eigenvalue weighted by molar-refractivity contribution is -0.117. The number of carbonyl (C=O) groups is 1. The number of ether oxygens (including phenoxy) is 1. The quantitative estimate of drug-likeness (QED) is 0.524. The molecule has 0 radical (unpaired) electrons. The number of aromatic nitrogens is 3. The van der Waals surface area contributed by atoms with Gasteiger partial charge in [-0.2, -0.15) is 5.10 Å². The Hall–Kier alpha value is -3.23. The highest BCUT2D eigenvalue weighted by Gasteiger charge is 2.12. The van der Waals surface area contributed by atoms with Crippen LogP contribution in [0.25, 0.3) is 22.0 Å². The van der Waals surface area contributed by atoms with Crippen LogP contribution in [0.2, 0.25) is 5.02 Å². The van der Waals surface area contributed by atoms with E-state index in [4.69, 9.17) is 16.3 Å². The third kappa shape index (κ3) is 3.98. The maximum absolute atomic E-state index is 12.5. The molecule has 2 aromatic heterocycles. The smallest absolute Gasteiger partial charge is 0.275 e. The van der Waals surface area contributed by atoms with E-state index >= 15 is 0 Å². The highest BCUT2D eigenvalue weighted by molar-refractivity contribution is 7.14. The SMILES string of the molecule is COc1ccc(-c2csc(NC(=O)Cn3ncc4ccccc4c3=O)n2)cc1Cl. The fourth-order valence-corrected chi connectivity index (χ4v) is 3.82. The molecule has 2 heterocycles. The first-order chi connectivity index (χ1) is 14.0. The summed E-state index contributed by atoms with van der Waals surface area (Å²) in [5, 5.41) is 10.7. The Morgan fingerprint density at radius 1 is 1.28 bits per heavy atom. The number of halogens is 1. The van der Waals surface area contributed by atoms with E-state index in [0.29, 0.717) is 27.0 Å². The second kappa shape index (κ2) is 8.02. The summed E-state index contributed by atoms with van der Waals surface area (Å²) in [6, 6.07) is 12.5. The molecule has 9 heteroatoms. The van der Waals surface area contributed by atoms with Crippen molar-refractivity contribution in [1.82, 2.24) is 14.8 Å². The average molecular weight is 427 g/mol. The molecule has 1 N–H and O–H groups in total. The topological polar surface area (TPSA) is 86.1 Å². The minimum Gasteiger partial charge on any atom is -0.495 e. The van der Waals surface area contributed by atoms with Crippen LogP contribution in [0.3, 0.4) is 0 Å². The van der Waals surface area contributed by atoms with E-state index < -0.39 is 0 Å². The summed E-state index contributed by atoms with van der Waals surface area (Å²) in [5.74, 6) is 0.191. The molecule has 0 aliphatic rings. The molecule has 0 spiro atoms. The van der Waals surface area contributed by atoms with Gasteiger partial charge in [0.05, 0.1) is 29.4 Å². The Bertz CT molecular complexity index is 1270. The lowest BCUT2D eigenvalue weighted by Crippen LogP contribution is -2.29. The molecule has 0 bridgehead atoms. The van der Waals surface area contributed by atoms with Gasteiger partial charge in [0.2, 0.25) is 5.91 Å². The van der Waals surface area contributed by atoms with Crippen molar-refractivity contribution < 1.29 is 9.53 Å². The van der Waals surface area contributed by atoms with Crippen LogP contribution < -0.4 is 15.6 Å². The van der Waals surface area contributed by atoms with Crippen LogP contribution in [0.5, 0.6) is 5.75 Å². The zero-order chi connectivity index (χ0) is 20.4. The predicted octanol–water partition coefficient (Wildman–Crippen LogP) is 3.82. The third-order valence-corrected chi connectivity index (χ3v) is 5.31. The Balaban J connectivity index is 1.49. The molecule has 4 aromatic rings. The number of thiazole rings is 1. The molecule has 4 rings (SSSR count). The summed E-state index contributed by atoms with van der Waals surface area (Å²) in [4.78, 5) is 29.3. The molecular weight excluding hydrogens is 412 g/mol. The zero-order valence-corrected chi connectivity index (χ0v) is 16.8. The fourth-order valence-electron chi connectivity index (χ4n) is 2.82. The van der Waals surface area contributed by atoms with Crippen LogP contribution in [-0.2, 0) is 11.3 Å². The molecule has 2 aromatic carbocycles. The van der Waals surface area contributed by atoms with Gasteiger partial charge >= 0.3 is 0 Å². The number of methoxy groups -OCH3 is 1. The maximum atomic E-state index is 12.5. The molecule has 0 atom stereocenters. The molecule has 0 aliphatic carbocycles. The standard InChI is InChI=1S/C20H15ClN4O3S/c1-28-17-7-6-12(8-15(17)21)16-11-29-20(23-16)24-18(26)10-25-19(27)14-5-3-2-4-13(14)9-22-25/h2-9,11H,10H2,1H3,(H,23,24,26). The Labute approximate surface area is 174 Å². The molecule has 0 unspecified atom stereocenters. The lowest BCUT2D eigenvalue weighted by atomic mass is 10.2. The average Bonchev–Trinajstić information content (AvgIpc) is 3.18. The van der Waals surface area contributed by atoms with Crippen molar-refractivity contribution in [2.45, 2.75) is 6.54 Å². The highest BCUT2D eigenvalue weighted by atomic mass is 35.5. The largest absolute Gasteiger partial charge is 0.495 e. The number of hydrogen-bond acceptors (Lipinski definition) is 6. The summed E-state index contributed by atoms with van der Waals surface area (Å²) in [5.41, 5.74) is 1.17. The number of nitrogens with one attached hydrogen (secondary N) is 1. The van der Waals surface area contributed by atoms with E-state index in [1.54, 1.807) is 43.6 Å². The number of fused-ring (bicyclic) bond motifs is 1. The van der Waals surface area contributed by atoms with Gasteiger partial charge in [0.25, 0.3) is 5.56 Å². The monoisotopic (exact) mass is 426 g/mol. The first-order valence-electron chi connectivity index (χ1n) is 8.59. The van der Waals surface area contributed by atoms with E-state index in [1.165, 1.54) is 11.3 Å². The van der Waals surface area contributed by atoms with E-state index in [0.717, 1.165) is 15.6 Å². The number of hydrogen-bond donors (Lipinski definition) is 1. The van der Waals surface area contributed by atoms with Gasteiger partial charge in [-0.1, -0.05) is 29.8 Å². The second-order valence-electron chi connectivity index (χ2n) is 6.13. The molecule has 1 amide bonds. The van der Waals surface area contributed by atoms with Gasteiger partial charge in [-0.15, -0.1) is 11.3 Å². The van der Waals surface area contributed by atoms with E-state index in [-0.39, 0.29) is 18.0 Å². The summed E-state index contributed by atoms with van der Waals surface area (Å²) >= 11 is 7.44. The van der Waals surface area contributed by atoms with Crippen molar-refractivity contribution in [1.29, 1.82) is 0 Å². The van der Waals surface area contributed by atoms with E-state index in [9.17, 15) is 9.59 Å². The van der Waals surface area contributed by atoms with Crippen molar-refractivity contribution in [3.8, 4) is 17.0 Å². The maximum Gasteiger partial charge on any atom is 0.275 e. The second-order valence-corrected chi connectivity index (χ2v) is 7.40. The minimum atomic E-state index is -0.386. The summed E-state index contributed by atoms with van der Waals surface area (Å²) in [6.07, 6.45) is 1.57. The highest BCUT2D eigenvalue weighted by Crippen LogP contribution is 2.31. The Morgan fingerprint density at radius 2 is 2.10 bits per heavy atom. The summed E-state index contributed by atoms with van der Waals surface area (Å²) in [7, 11) is 1.55. The molecule has 0 aliphatic heterocycles. The van der Waals surface area contributed by atoms with Crippen LogP contribution in [0, 0.1) is 0 Å². The molecular formula is C20H15ClN4O3S. The Kier molecular flexibility index (Phi) is 5.28. The number of rotatable bonds is 5. The molecule has 0 saturated heterocycles. The van der Waals surface area contributed by atoms with Gasteiger partial charge in [0, 0.05) is 16.3 Å². The first kappa shape index (κ1) is 19.1. The molecule has 7 nitrogen and oxygen atoms in total. The van der Waals surface area contributed by atoms with Crippen LogP contribution in [0.1, 0.15) is 0 Å². The van der Waals surface area contributed by atoms with Crippen molar-refractivity contribution in [2.24, 2.45) is 0 Å².